The van der Waals surface area contributed by atoms with E-state index in [1.54, 1.807) is 0 Å². The third kappa shape index (κ3) is 1.38. The van der Waals surface area contributed by atoms with Crippen LogP contribution in [-0.4, -0.2) is 16.5 Å². The van der Waals surface area contributed by atoms with Gasteiger partial charge in [-0.15, -0.1) is 0 Å². The van der Waals surface area contributed by atoms with Gasteiger partial charge >= 0.3 is 0 Å². The first-order chi connectivity index (χ1) is 5.69. The van der Waals surface area contributed by atoms with E-state index in [1.165, 1.54) is 12.1 Å². The second-order valence-corrected chi connectivity index (χ2v) is 2.37. The molecule has 0 aliphatic heterocycles. The molecule has 4 N–H and O–H groups in total. The molecule has 0 saturated carbocycles. The lowest BCUT2D eigenvalue weighted by Crippen LogP contribution is -1.97. The Bertz CT molecular complexity index is 309. The maximum Gasteiger partial charge on any atom is 0.162 e. The van der Waals surface area contributed by atoms with Gasteiger partial charge in [0, 0.05) is 17.7 Å². The fourth-order valence-corrected chi connectivity index (χ4v) is 0.926. The van der Waals surface area contributed by atoms with E-state index in [1.807, 2.05) is 0 Å². The molecule has 0 aromatic heterocycles. The molecule has 4 heteroatoms. The Morgan fingerprint density at radius 3 is 2.58 bits per heavy atom. The molecule has 12 heavy (non-hydrogen) atoms. The zero-order valence-electron chi connectivity index (χ0n) is 6.32. The van der Waals surface area contributed by atoms with E-state index in [0.717, 1.165) is 0 Å². The van der Waals surface area contributed by atoms with Gasteiger partial charge in [-0.1, -0.05) is 0 Å². The van der Waals surface area contributed by atoms with E-state index < -0.39 is 0 Å². The van der Waals surface area contributed by atoms with Crippen molar-refractivity contribution in [2.45, 2.75) is 6.54 Å². The number of carbonyl (C=O) groups is 1. The molecule has 1 aromatic rings. The second-order valence-electron chi connectivity index (χ2n) is 2.37. The number of nitrogens with two attached hydrogens (primary N) is 1. The Hall–Kier alpha value is -1.55. The molecule has 0 amide bonds. The van der Waals surface area contributed by atoms with Crippen LogP contribution >= 0.6 is 0 Å². The van der Waals surface area contributed by atoms with E-state index in [2.05, 4.69) is 0 Å². The van der Waals surface area contributed by atoms with Crippen LogP contribution in [0.25, 0.3) is 0 Å². The molecule has 0 aliphatic rings. The first-order valence-electron chi connectivity index (χ1n) is 3.39. The fraction of sp³-hybridized carbons (Fsp3) is 0.125. The number of rotatable bonds is 2. The summed E-state index contributed by atoms with van der Waals surface area (Å²) >= 11 is 0. The van der Waals surface area contributed by atoms with Crippen LogP contribution in [0, 0.1) is 0 Å². The highest BCUT2D eigenvalue weighted by atomic mass is 16.3. The monoisotopic (exact) mass is 167 g/mol. The maximum absolute atomic E-state index is 10.3. The smallest absolute Gasteiger partial charge is 0.162 e. The molecule has 0 radical (unpaired) electrons. The van der Waals surface area contributed by atoms with Crippen molar-refractivity contribution >= 4 is 6.29 Å². The largest absolute Gasteiger partial charge is 0.504 e. The topological polar surface area (TPSA) is 83.6 Å². The molecule has 0 spiro atoms. The molecular formula is C8H9NO3. The third-order valence-electron chi connectivity index (χ3n) is 1.55. The lowest BCUT2D eigenvalue weighted by atomic mass is 10.1. The third-order valence-corrected chi connectivity index (χ3v) is 1.55. The molecule has 0 bridgehead atoms. The van der Waals surface area contributed by atoms with Crippen LogP contribution < -0.4 is 5.73 Å². The molecule has 0 unspecified atom stereocenters. The van der Waals surface area contributed by atoms with Crippen LogP contribution in [-0.2, 0) is 6.54 Å². The molecule has 1 aromatic carbocycles. The number of phenols is 2. The lowest BCUT2D eigenvalue weighted by molar-refractivity contribution is 0.112. The van der Waals surface area contributed by atoms with Gasteiger partial charge in [0.25, 0.3) is 0 Å². The van der Waals surface area contributed by atoms with Crippen LogP contribution in [0.4, 0.5) is 0 Å². The molecular weight excluding hydrogens is 158 g/mol. The predicted octanol–water partition coefficient (Wildman–Crippen LogP) is 0.369. The molecule has 0 fully saturated rings. The Morgan fingerprint density at radius 2 is 2.08 bits per heavy atom. The van der Waals surface area contributed by atoms with Crippen molar-refractivity contribution in [3.8, 4) is 11.5 Å². The van der Waals surface area contributed by atoms with Gasteiger partial charge in [0.15, 0.2) is 11.5 Å². The van der Waals surface area contributed by atoms with E-state index in [-0.39, 0.29) is 18.0 Å². The van der Waals surface area contributed by atoms with Crippen molar-refractivity contribution < 1.29 is 15.0 Å². The standard InChI is InChI=1S/C8H9NO3/c9-3-6-1-5(4-10)2-7(11)8(6)12/h1-2,4,11-12H,3,9H2. The van der Waals surface area contributed by atoms with E-state index in [9.17, 15) is 9.90 Å². The van der Waals surface area contributed by atoms with Gasteiger partial charge in [-0.3, -0.25) is 4.79 Å². The zero-order valence-corrected chi connectivity index (χ0v) is 6.32. The minimum absolute atomic E-state index is 0.0844. The van der Waals surface area contributed by atoms with Crippen LogP contribution in [0.1, 0.15) is 15.9 Å². The molecule has 4 nitrogen and oxygen atoms in total. The molecule has 0 atom stereocenters. The van der Waals surface area contributed by atoms with Crippen molar-refractivity contribution in [2.24, 2.45) is 5.73 Å². The van der Waals surface area contributed by atoms with Crippen LogP contribution in [0.2, 0.25) is 0 Å². The summed E-state index contributed by atoms with van der Waals surface area (Å²) in [6, 6.07) is 2.61. The normalized spacial score (nSPS) is 9.75. The van der Waals surface area contributed by atoms with Crippen LogP contribution in [0.15, 0.2) is 12.1 Å². The average molecular weight is 167 g/mol. The Morgan fingerprint density at radius 1 is 1.42 bits per heavy atom. The van der Waals surface area contributed by atoms with Crippen molar-refractivity contribution in [1.82, 2.24) is 0 Å². The first kappa shape index (κ1) is 8.55. The van der Waals surface area contributed by atoms with E-state index in [4.69, 9.17) is 10.8 Å². The van der Waals surface area contributed by atoms with Crippen molar-refractivity contribution in [2.75, 3.05) is 0 Å². The number of benzene rings is 1. The van der Waals surface area contributed by atoms with Gasteiger partial charge in [0.05, 0.1) is 0 Å². The van der Waals surface area contributed by atoms with E-state index in [0.29, 0.717) is 17.4 Å². The predicted molar refractivity (Wildman–Crippen MR) is 43.1 cm³/mol. The molecule has 1 rings (SSSR count). The summed E-state index contributed by atoms with van der Waals surface area (Å²) in [5, 5.41) is 18.3. The Kier molecular flexibility index (Phi) is 2.30. The number of phenolic OH excluding ortho intramolecular Hbond substituents is 2. The zero-order chi connectivity index (χ0) is 9.14. The molecule has 0 saturated heterocycles. The highest BCUT2D eigenvalue weighted by Gasteiger charge is 2.06. The van der Waals surface area contributed by atoms with Crippen molar-refractivity contribution in [1.29, 1.82) is 0 Å². The van der Waals surface area contributed by atoms with Gasteiger partial charge in [-0.05, 0) is 12.1 Å². The summed E-state index contributed by atoms with van der Waals surface area (Å²) in [7, 11) is 0. The maximum atomic E-state index is 10.3. The summed E-state index contributed by atoms with van der Waals surface area (Å²) < 4.78 is 0. The molecule has 64 valence electrons. The Balaban J connectivity index is 3.28. The summed E-state index contributed by atoms with van der Waals surface area (Å²) in [6.45, 7) is 0.0844. The first-order valence-corrected chi connectivity index (χ1v) is 3.39. The summed E-state index contributed by atoms with van der Waals surface area (Å²) in [5.74, 6) is -0.580. The second kappa shape index (κ2) is 3.23. The van der Waals surface area contributed by atoms with E-state index >= 15 is 0 Å². The number of aromatic hydroxyl groups is 2. The quantitative estimate of drug-likeness (QED) is 0.439. The van der Waals surface area contributed by atoms with Gasteiger partial charge in [0.1, 0.15) is 6.29 Å². The van der Waals surface area contributed by atoms with Crippen LogP contribution in [0.5, 0.6) is 11.5 Å². The summed E-state index contributed by atoms with van der Waals surface area (Å²) in [4.78, 5) is 10.3. The van der Waals surface area contributed by atoms with Crippen molar-refractivity contribution in [3.63, 3.8) is 0 Å². The van der Waals surface area contributed by atoms with Crippen molar-refractivity contribution in [3.05, 3.63) is 23.3 Å². The minimum Gasteiger partial charge on any atom is -0.504 e. The number of hydrogen-bond acceptors (Lipinski definition) is 4. The SMILES string of the molecule is NCc1cc(C=O)cc(O)c1O. The molecule has 0 aliphatic carbocycles. The Labute approximate surface area is 69.3 Å². The number of carbonyl (C=O) groups excluding carboxylic acids is 1. The van der Waals surface area contributed by atoms with Gasteiger partial charge in [-0.25, -0.2) is 0 Å². The number of hydrogen-bond donors (Lipinski definition) is 3. The number of aldehydes is 1. The summed E-state index contributed by atoms with van der Waals surface area (Å²) in [6.07, 6.45) is 0.582. The highest BCUT2D eigenvalue weighted by molar-refractivity contribution is 5.77. The van der Waals surface area contributed by atoms with Gasteiger partial charge in [-0.2, -0.15) is 0 Å². The van der Waals surface area contributed by atoms with Crippen LogP contribution in [0.3, 0.4) is 0 Å². The summed E-state index contributed by atoms with van der Waals surface area (Å²) in [5.41, 5.74) is 5.91. The fourth-order valence-electron chi connectivity index (χ4n) is 0.926. The minimum atomic E-state index is -0.319. The average Bonchev–Trinajstić information content (AvgIpc) is 2.09. The van der Waals surface area contributed by atoms with Gasteiger partial charge < -0.3 is 15.9 Å². The van der Waals surface area contributed by atoms with Gasteiger partial charge in [0.2, 0.25) is 0 Å². The molecule has 0 heterocycles. The highest BCUT2D eigenvalue weighted by Crippen LogP contribution is 2.29. The lowest BCUT2D eigenvalue weighted by Gasteiger charge is -2.04.